The van der Waals surface area contributed by atoms with E-state index in [1.807, 2.05) is 0 Å². The van der Waals surface area contributed by atoms with Gasteiger partial charge in [-0.2, -0.15) is 0 Å². The summed E-state index contributed by atoms with van der Waals surface area (Å²) in [6, 6.07) is 3.95. The molecule has 0 bridgehead atoms. The Balaban J connectivity index is 2.29. The largest absolute Gasteiger partial charge is 0.481 e. The lowest BCUT2D eigenvalue weighted by molar-refractivity contribution is -0.137. The number of aliphatic carboxylic acids is 1. The number of Topliss-reactive ketones (excluding diaryl/α,β-unsaturated/α-hetero) is 1. The van der Waals surface area contributed by atoms with E-state index < -0.39 is 17.7 Å². The van der Waals surface area contributed by atoms with Gasteiger partial charge in [-0.05, 0) is 30.2 Å². The predicted molar refractivity (Wildman–Crippen MR) is 50.2 cm³/mol. The summed E-state index contributed by atoms with van der Waals surface area (Å²) in [5.41, 5.74) is 1.08. The van der Waals surface area contributed by atoms with Crippen LogP contribution in [0.4, 0.5) is 4.39 Å². The number of fused-ring (bicyclic) bond motifs is 1. The van der Waals surface area contributed by atoms with Crippen molar-refractivity contribution in [2.75, 3.05) is 0 Å². The summed E-state index contributed by atoms with van der Waals surface area (Å²) in [6.07, 6.45) is 0.146. The number of hydrogen-bond acceptors (Lipinski definition) is 2. The van der Waals surface area contributed by atoms with Crippen LogP contribution in [-0.2, 0) is 11.2 Å². The summed E-state index contributed by atoms with van der Waals surface area (Å²) in [7, 11) is 0. The highest BCUT2D eigenvalue weighted by molar-refractivity contribution is 6.03. The van der Waals surface area contributed by atoms with Crippen LogP contribution in [0.3, 0.4) is 0 Å². The first-order valence-electron chi connectivity index (χ1n) is 4.62. The van der Waals surface area contributed by atoms with Crippen molar-refractivity contribution in [3.63, 3.8) is 0 Å². The average Bonchev–Trinajstić information content (AvgIpc) is 2.42. The van der Waals surface area contributed by atoms with E-state index in [0.29, 0.717) is 17.5 Å². The molecule has 2 rings (SSSR count). The minimum atomic E-state index is -0.998. The van der Waals surface area contributed by atoms with Crippen molar-refractivity contribution in [2.45, 2.75) is 12.8 Å². The van der Waals surface area contributed by atoms with Crippen molar-refractivity contribution in [1.82, 2.24) is 0 Å². The molecule has 1 atom stereocenters. The van der Waals surface area contributed by atoms with E-state index in [1.165, 1.54) is 18.2 Å². The molecule has 0 radical (unpaired) electrons. The van der Waals surface area contributed by atoms with Crippen molar-refractivity contribution in [3.05, 3.63) is 35.1 Å². The predicted octanol–water partition coefficient (Wildman–Crippen LogP) is 1.66. The molecular weight excluding hydrogens is 199 g/mol. The molecule has 0 saturated carbocycles. The lowest BCUT2D eigenvalue weighted by Crippen LogP contribution is -2.13. The second-order valence-electron chi connectivity index (χ2n) is 3.66. The van der Waals surface area contributed by atoms with Gasteiger partial charge < -0.3 is 5.11 Å². The first-order valence-corrected chi connectivity index (χ1v) is 4.62. The number of halogens is 1. The van der Waals surface area contributed by atoms with Gasteiger partial charge in [-0.25, -0.2) is 4.39 Å². The smallest absolute Gasteiger partial charge is 0.304 e. The number of carbonyl (C=O) groups is 2. The standard InChI is InChI=1S/C11H9FO3/c12-8-1-2-9-6(4-8)3-7(11(9)15)5-10(13)14/h1-2,4,7H,3,5H2,(H,13,14). The highest BCUT2D eigenvalue weighted by atomic mass is 19.1. The zero-order chi connectivity index (χ0) is 11.0. The number of rotatable bonds is 2. The lowest BCUT2D eigenvalue weighted by Gasteiger charge is -2.01. The van der Waals surface area contributed by atoms with E-state index >= 15 is 0 Å². The molecule has 0 aliphatic heterocycles. The molecule has 1 aromatic rings. The van der Waals surface area contributed by atoms with Gasteiger partial charge >= 0.3 is 5.97 Å². The van der Waals surface area contributed by atoms with Gasteiger partial charge in [0.25, 0.3) is 0 Å². The number of carboxylic acid groups (broad SMARTS) is 1. The molecule has 1 aliphatic carbocycles. The maximum Gasteiger partial charge on any atom is 0.304 e. The molecule has 15 heavy (non-hydrogen) atoms. The molecule has 0 heterocycles. The molecule has 78 valence electrons. The molecule has 4 heteroatoms. The van der Waals surface area contributed by atoms with Crippen LogP contribution in [0.15, 0.2) is 18.2 Å². The third-order valence-electron chi connectivity index (χ3n) is 2.59. The van der Waals surface area contributed by atoms with Crippen molar-refractivity contribution < 1.29 is 19.1 Å². The monoisotopic (exact) mass is 208 g/mol. The van der Waals surface area contributed by atoms with Gasteiger partial charge in [-0.15, -0.1) is 0 Å². The van der Waals surface area contributed by atoms with Crippen LogP contribution in [0, 0.1) is 11.7 Å². The Labute approximate surface area is 85.5 Å². The molecule has 1 unspecified atom stereocenters. The van der Waals surface area contributed by atoms with Gasteiger partial charge in [-0.1, -0.05) is 0 Å². The van der Waals surface area contributed by atoms with Gasteiger partial charge in [0, 0.05) is 11.5 Å². The van der Waals surface area contributed by atoms with E-state index in [2.05, 4.69) is 0 Å². The SMILES string of the molecule is O=C(O)CC1Cc2cc(F)ccc2C1=O. The highest BCUT2D eigenvalue weighted by Crippen LogP contribution is 2.29. The molecule has 0 saturated heterocycles. The zero-order valence-electron chi connectivity index (χ0n) is 7.87. The zero-order valence-corrected chi connectivity index (χ0v) is 7.87. The highest BCUT2D eigenvalue weighted by Gasteiger charge is 2.31. The van der Waals surface area contributed by atoms with Gasteiger partial charge in [0.05, 0.1) is 6.42 Å². The van der Waals surface area contributed by atoms with E-state index in [0.717, 1.165) is 0 Å². The molecule has 0 fully saturated rings. The van der Waals surface area contributed by atoms with Crippen LogP contribution in [0.1, 0.15) is 22.3 Å². The van der Waals surface area contributed by atoms with Crippen molar-refractivity contribution in [2.24, 2.45) is 5.92 Å². The summed E-state index contributed by atoms with van der Waals surface area (Å²) < 4.78 is 12.9. The second kappa shape index (κ2) is 3.46. The van der Waals surface area contributed by atoms with Crippen LogP contribution in [0.5, 0.6) is 0 Å². The van der Waals surface area contributed by atoms with Gasteiger partial charge in [0.1, 0.15) is 5.82 Å². The molecule has 3 nitrogen and oxygen atoms in total. The molecule has 0 aromatic heterocycles. The van der Waals surface area contributed by atoms with Crippen molar-refractivity contribution in [1.29, 1.82) is 0 Å². The third kappa shape index (κ3) is 1.75. The first kappa shape index (κ1) is 9.83. The second-order valence-corrected chi connectivity index (χ2v) is 3.66. The van der Waals surface area contributed by atoms with E-state index in [1.54, 1.807) is 0 Å². The molecule has 1 aliphatic rings. The number of carboxylic acids is 1. The fraction of sp³-hybridized carbons (Fsp3) is 0.273. The Morgan fingerprint density at radius 1 is 1.53 bits per heavy atom. The third-order valence-corrected chi connectivity index (χ3v) is 2.59. The fourth-order valence-electron chi connectivity index (χ4n) is 1.93. The summed E-state index contributed by atoms with van der Waals surface area (Å²) in [5.74, 6) is -2.11. The first-order chi connectivity index (χ1) is 7.08. The lowest BCUT2D eigenvalue weighted by atomic mass is 10.0. The number of ketones is 1. The molecule has 0 amide bonds. The van der Waals surface area contributed by atoms with E-state index in [4.69, 9.17) is 5.11 Å². The summed E-state index contributed by atoms with van der Waals surface area (Å²) in [6.45, 7) is 0. The Morgan fingerprint density at radius 3 is 2.93 bits per heavy atom. The summed E-state index contributed by atoms with van der Waals surface area (Å²) >= 11 is 0. The molecular formula is C11H9FO3. The van der Waals surface area contributed by atoms with Gasteiger partial charge in [0.15, 0.2) is 5.78 Å². The maximum absolute atomic E-state index is 12.9. The number of carbonyl (C=O) groups excluding carboxylic acids is 1. The van der Waals surface area contributed by atoms with E-state index in [9.17, 15) is 14.0 Å². The maximum atomic E-state index is 12.9. The Bertz CT molecular complexity index is 439. The topological polar surface area (TPSA) is 54.4 Å². The van der Waals surface area contributed by atoms with Crippen LogP contribution in [0.25, 0.3) is 0 Å². The van der Waals surface area contributed by atoms with Crippen molar-refractivity contribution in [3.8, 4) is 0 Å². The van der Waals surface area contributed by atoms with Gasteiger partial charge in [-0.3, -0.25) is 9.59 Å². The summed E-state index contributed by atoms with van der Waals surface area (Å²) in [5, 5.41) is 8.60. The normalized spacial score (nSPS) is 19.0. The quantitative estimate of drug-likeness (QED) is 0.804. The molecule has 1 aromatic carbocycles. The van der Waals surface area contributed by atoms with Gasteiger partial charge in [0.2, 0.25) is 0 Å². The Kier molecular flexibility index (Phi) is 2.26. The minimum absolute atomic E-state index is 0.185. The molecule has 1 N–H and O–H groups in total. The summed E-state index contributed by atoms with van der Waals surface area (Å²) in [4.78, 5) is 22.2. The number of hydrogen-bond donors (Lipinski definition) is 1. The molecule has 0 spiro atoms. The van der Waals surface area contributed by atoms with Crippen LogP contribution in [0.2, 0.25) is 0 Å². The fourth-order valence-corrected chi connectivity index (χ4v) is 1.93. The van der Waals surface area contributed by atoms with Crippen LogP contribution >= 0.6 is 0 Å². The Hall–Kier alpha value is -1.71. The Morgan fingerprint density at radius 2 is 2.27 bits per heavy atom. The average molecular weight is 208 g/mol. The van der Waals surface area contributed by atoms with E-state index in [-0.39, 0.29) is 12.2 Å². The minimum Gasteiger partial charge on any atom is -0.481 e. The number of benzene rings is 1. The van der Waals surface area contributed by atoms with Crippen LogP contribution < -0.4 is 0 Å². The van der Waals surface area contributed by atoms with Crippen molar-refractivity contribution >= 4 is 11.8 Å². The van der Waals surface area contributed by atoms with Crippen LogP contribution in [-0.4, -0.2) is 16.9 Å².